The van der Waals surface area contributed by atoms with Gasteiger partial charge in [-0.2, -0.15) is 0 Å². The highest BCUT2D eigenvalue weighted by Crippen LogP contribution is 2.49. The number of carbonyl (C=O) groups is 2. The van der Waals surface area contributed by atoms with Crippen molar-refractivity contribution in [1.29, 1.82) is 0 Å². The van der Waals surface area contributed by atoms with Crippen LogP contribution in [0.5, 0.6) is 0 Å². The number of carbonyl (C=O) groups excluding carboxylic acids is 2. The molecule has 1 heterocycles. The van der Waals surface area contributed by atoms with Gasteiger partial charge in [0.05, 0.1) is 0 Å². The maximum absolute atomic E-state index is 12.8. The van der Waals surface area contributed by atoms with Gasteiger partial charge in [-0.1, -0.05) is 6.92 Å². The Hall–Kier alpha value is -1.06. The zero-order valence-electron chi connectivity index (χ0n) is 12.7. The van der Waals surface area contributed by atoms with Crippen LogP contribution in [0.3, 0.4) is 0 Å². The standard InChI is InChI=1S/C16H26N2O2/c1-3-16(2)15(20)18(9-8-14(19)17-16)10-13(11-4-5-11)12-6-7-12/h11-13H,3-10H2,1-2H3,(H,17,19). The normalized spacial score (nSPS) is 31.4. The van der Waals surface area contributed by atoms with E-state index >= 15 is 0 Å². The number of amides is 2. The summed E-state index contributed by atoms with van der Waals surface area (Å²) in [4.78, 5) is 26.6. The second kappa shape index (κ2) is 5.05. The largest absolute Gasteiger partial charge is 0.342 e. The van der Waals surface area contributed by atoms with Gasteiger partial charge < -0.3 is 10.2 Å². The minimum absolute atomic E-state index is 0.0135. The van der Waals surface area contributed by atoms with Gasteiger partial charge in [0.25, 0.3) is 0 Å². The monoisotopic (exact) mass is 278 g/mol. The SMILES string of the molecule is CCC1(C)NC(=O)CCN(CC(C2CC2)C2CC2)C1=O. The molecule has 0 bridgehead atoms. The number of hydrogen-bond donors (Lipinski definition) is 1. The van der Waals surface area contributed by atoms with Crippen LogP contribution in [0.15, 0.2) is 0 Å². The van der Waals surface area contributed by atoms with Crippen LogP contribution in [0.4, 0.5) is 0 Å². The quantitative estimate of drug-likeness (QED) is 0.835. The lowest BCUT2D eigenvalue weighted by Gasteiger charge is -2.33. The highest BCUT2D eigenvalue weighted by atomic mass is 16.2. The van der Waals surface area contributed by atoms with E-state index in [0.29, 0.717) is 25.3 Å². The van der Waals surface area contributed by atoms with Crippen molar-refractivity contribution >= 4 is 11.8 Å². The molecule has 4 nitrogen and oxygen atoms in total. The summed E-state index contributed by atoms with van der Waals surface area (Å²) in [6.45, 7) is 5.31. The van der Waals surface area contributed by atoms with Crippen molar-refractivity contribution in [1.82, 2.24) is 10.2 Å². The molecule has 1 aliphatic heterocycles. The first-order valence-electron chi connectivity index (χ1n) is 8.14. The summed E-state index contributed by atoms with van der Waals surface area (Å²) in [7, 11) is 0. The molecule has 0 aromatic heterocycles. The van der Waals surface area contributed by atoms with Crippen LogP contribution in [0.2, 0.25) is 0 Å². The zero-order chi connectivity index (χ0) is 14.3. The number of nitrogens with zero attached hydrogens (tertiary/aromatic N) is 1. The Morgan fingerprint density at radius 3 is 2.35 bits per heavy atom. The fourth-order valence-electron chi connectivity index (χ4n) is 3.51. The third-order valence-corrected chi connectivity index (χ3v) is 5.38. The first-order chi connectivity index (χ1) is 9.53. The molecule has 0 radical (unpaired) electrons. The van der Waals surface area contributed by atoms with Crippen LogP contribution < -0.4 is 5.32 Å². The molecule has 0 aromatic carbocycles. The predicted molar refractivity (Wildman–Crippen MR) is 77.0 cm³/mol. The second-order valence-corrected chi connectivity index (χ2v) is 7.07. The molecule has 1 N–H and O–H groups in total. The Kier molecular flexibility index (Phi) is 3.51. The van der Waals surface area contributed by atoms with Gasteiger partial charge in [0, 0.05) is 19.5 Å². The molecule has 112 valence electrons. The molecule has 3 aliphatic rings. The van der Waals surface area contributed by atoms with Crippen molar-refractivity contribution in [3.63, 3.8) is 0 Å². The lowest BCUT2D eigenvalue weighted by molar-refractivity contribution is -0.139. The van der Waals surface area contributed by atoms with Gasteiger partial charge >= 0.3 is 0 Å². The number of hydrogen-bond acceptors (Lipinski definition) is 2. The molecule has 2 saturated carbocycles. The molecule has 2 amide bonds. The summed E-state index contributed by atoms with van der Waals surface area (Å²) in [5.41, 5.74) is -0.703. The van der Waals surface area contributed by atoms with E-state index in [2.05, 4.69) is 5.32 Å². The summed E-state index contributed by atoms with van der Waals surface area (Å²) >= 11 is 0. The maximum atomic E-state index is 12.8. The molecule has 0 spiro atoms. The van der Waals surface area contributed by atoms with E-state index in [4.69, 9.17) is 0 Å². The zero-order valence-corrected chi connectivity index (χ0v) is 12.7. The average Bonchev–Trinajstić information content (AvgIpc) is 3.28. The fraction of sp³-hybridized carbons (Fsp3) is 0.875. The Morgan fingerprint density at radius 2 is 1.85 bits per heavy atom. The van der Waals surface area contributed by atoms with Crippen molar-refractivity contribution in [2.24, 2.45) is 17.8 Å². The Morgan fingerprint density at radius 1 is 1.25 bits per heavy atom. The maximum Gasteiger partial charge on any atom is 0.248 e. The summed E-state index contributed by atoms with van der Waals surface area (Å²) in [6, 6.07) is 0. The third kappa shape index (κ3) is 2.70. The molecule has 1 saturated heterocycles. The fourth-order valence-corrected chi connectivity index (χ4v) is 3.51. The van der Waals surface area contributed by atoms with Crippen molar-refractivity contribution < 1.29 is 9.59 Å². The number of nitrogens with one attached hydrogen (secondary N) is 1. The van der Waals surface area contributed by atoms with Crippen molar-refractivity contribution in [2.45, 2.75) is 57.9 Å². The molecule has 20 heavy (non-hydrogen) atoms. The van der Waals surface area contributed by atoms with Crippen LogP contribution in [-0.4, -0.2) is 35.3 Å². The molecule has 3 fully saturated rings. The van der Waals surface area contributed by atoms with Crippen LogP contribution in [0.25, 0.3) is 0 Å². The molecule has 1 unspecified atom stereocenters. The highest BCUT2D eigenvalue weighted by Gasteiger charge is 2.45. The van der Waals surface area contributed by atoms with E-state index in [1.165, 1.54) is 25.7 Å². The van der Waals surface area contributed by atoms with Crippen LogP contribution in [0.1, 0.15) is 52.4 Å². The molecule has 0 aromatic rings. The van der Waals surface area contributed by atoms with Gasteiger partial charge in [0.1, 0.15) is 5.54 Å². The van der Waals surface area contributed by atoms with Crippen molar-refractivity contribution in [2.75, 3.05) is 13.1 Å². The molecule has 4 heteroatoms. The highest BCUT2D eigenvalue weighted by molar-refractivity contribution is 5.93. The minimum Gasteiger partial charge on any atom is -0.342 e. The smallest absolute Gasteiger partial charge is 0.248 e. The first kappa shape index (κ1) is 13.9. The van der Waals surface area contributed by atoms with E-state index in [1.807, 2.05) is 18.7 Å². The lowest BCUT2D eigenvalue weighted by Crippen LogP contribution is -2.55. The molecule has 1 atom stereocenters. The lowest BCUT2D eigenvalue weighted by atomic mass is 9.94. The molecular weight excluding hydrogens is 252 g/mol. The number of rotatable bonds is 5. The van der Waals surface area contributed by atoms with Gasteiger partial charge in [-0.05, 0) is 56.8 Å². The molecular formula is C16H26N2O2. The predicted octanol–water partition coefficient (Wildman–Crippen LogP) is 1.94. The van der Waals surface area contributed by atoms with Gasteiger partial charge in [-0.25, -0.2) is 0 Å². The summed E-state index contributed by atoms with van der Waals surface area (Å²) in [5.74, 6) is 2.51. The third-order valence-electron chi connectivity index (χ3n) is 5.38. The van der Waals surface area contributed by atoms with Gasteiger partial charge in [-0.15, -0.1) is 0 Å². The van der Waals surface area contributed by atoms with E-state index in [1.54, 1.807) is 0 Å². The van der Waals surface area contributed by atoms with E-state index in [0.717, 1.165) is 18.4 Å². The van der Waals surface area contributed by atoms with Gasteiger partial charge in [-0.3, -0.25) is 9.59 Å². The second-order valence-electron chi connectivity index (χ2n) is 7.07. The van der Waals surface area contributed by atoms with E-state index in [9.17, 15) is 9.59 Å². The first-order valence-corrected chi connectivity index (χ1v) is 8.14. The van der Waals surface area contributed by atoms with Crippen molar-refractivity contribution in [3.05, 3.63) is 0 Å². The molecule has 2 aliphatic carbocycles. The van der Waals surface area contributed by atoms with Crippen LogP contribution in [0, 0.1) is 17.8 Å². The Balaban J connectivity index is 1.73. The topological polar surface area (TPSA) is 49.4 Å². The average molecular weight is 278 g/mol. The van der Waals surface area contributed by atoms with Crippen LogP contribution >= 0.6 is 0 Å². The Bertz CT molecular complexity index is 403. The van der Waals surface area contributed by atoms with E-state index < -0.39 is 5.54 Å². The molecule has 3 rings (SSSR count). The van der Waals surface area contributed by atoms with Gasteiger partial charge in [0.2, 0.25) is 11.8 Å². The summed E-state index contributed by atoms with van der Waals surface area (Å²) < 4.78 is 0. The summed E-state index contributed by atoms with van der Waals surface area (Å²) in [5, 5.41) is 2.92. The summed E-state index contributed by atoms with van der Waals surface area (Å²) in [6.07, 6.45) is 6.46. The van der Waals surface area contributed by atoms with Crippen LogP contribution in [-0.2, 0) is 9.59 Å². The van der Waals surface area contributed by atoms with E-state index in [-0.39, 0.29) is 11.8 Å². The van der Waals surface area contributed by atoms with Gasteiger partial charge in [0.15, 0.2) is 0 Å². The van der Waals surface area contributed by atoms with Crippen molar-refractivity contribution in [3.8, 4) is 0 Å². The Labute approximate surface area is 121 Å². The minimum atomic E-state index is -0.703.